The molecule has 11 nitrogen and oxygen atoms in total. The van der Waals surface area contributed by atoms with E-state index < -0.39 is 30.1 Å². The van der Waals surface area contributed by atoms with Crippen LogP contribution < -0.4 is 10.9 Å². The number of nitrogens with zero attached hydrogens (tertiary/aromatic N) is 3. The average Bonchev–Trinajstić information content (AvgIpc) is 3.51. The van der Waals surface area contributed by atoms with Gasteiger partial charge in [-0.15, -0.1) is 0 Å². The molecule has 41 heavy (non-hydrogen) atoms. The van der Waals surface area contributed by atoms with Crippen molar-refractivity contribution in [2.24, 2.45) is 5.92 Å². The standard InChI is InChI=1S/C30H51N5O6/c1-4-5-6-7-8-9-10-11-12-13-14-15-16-17-18-40-25-24(37)22(19-36)41-29(25)35-20-31-23-26(35)32-30(34-28(23)39)33-27(38)21(2)3/h20-22,24-25,29,36-37H,4-19H2,1-3H3,(H2,32,33,34,38,39)/t22-,24-,25-,29?/m1/s1. The zero-order valence-corrected chi connectivity index (χ0v) is 25.1. The molecule has 1 amide bonds. The maximum Gasteiger partial charge on any atom is 0.280 e. The molecule has 11 heteroatoms. The number of hydrogen-bond donors (Lipinski definition) is 4. The zero-order chi connectivity index (χ0) is 29.6. The fraction of sp³-hybridized carbons (Fsp3) is 0.800. The summed E-state index contributed by atoms with van der Waals surface area (Å²) in [5.74, 6) is -0.590. The number of aliphatic hydroxyl groups excluding tert-OH is 2. The van der Waals surface area contributed by atoms with Gasteiger partial charge in [0.15, 0.2) is 17.4 Å². The highest BCUT2D eigenvalue weighted by Crippen LogP contribution is 2.33. The molecule has 0 aliphatic carbocycles. The lowest BCUT2D eigenvalue weighted by Crippen LogP contribution is -2.35. The molecule has 2 aromatic rings. The normalized spacial score (nSPS) is 20.8. The minimum absolute atomic E-state index is 0.0000749. The lowest BCUT2D eigenvalue weighted by molar-refractivity contribution is -0.118. The first-order valence-corrected chi connectivity index (χ1v) is 15.7. The Morgan fingerprint density at radius 2 is 1.63 bits per heavy atom. The number of rotatable bonds is 20. The third kappa shape index (κ3) is 9.87. The number of amides is 1. The number of aliphatic hydroxyl groups is 2. The number of aromatic nitrogens is 4. The number of anilines is 1. The highest BCUT2D eigenvalue weighted by molar-refractivity contribution is 5.91. The summed E-state index contributed by atoms with van der Waals surface area (Å²) in [7, 11) is 0. The van der Waals surface area contributed by atoms with Crippen LogP contribution in [0.4, 0.5) is 5.95 Å². The summed E-state index contributed by atoms with van der Waals surface area (Å²) in [6.45, 7) is 5.78. The first kappa shape index (κ1) is 33.2. The van der Waals surface area contributed by atoms with Gasteiger partial charge in [-0.05, 0) is 6.42 Å². The summed E-state index contributed by atoms with van der Waals surface area (Å²) >= 11 is 0. The van der Waals surface area contributed by atoms with Crippen LogP contribution in [0.1, 0.15) is 117 Å². The van der Waals surface area contributed by atoms with E-state index in [0.29, 0.717) is 6.61 Å². The number of unbranched alkanes of at least 4 members (excludes halogenated alkanes) is 13. The molecule has 232 valence electrons. The topological polar surface area (TPSA) is 152 Å². The van der Waals surface area contributed by atoms with Crippen molar-refractivity contribution in [1.82, 2.24) is 19.5 Å². The maximum atomic E-state index is 12.6. The third-order valence-corrected chi connectivity index (χ3v) is 7.77. The van der Waals surface area contributed by atoms with E-state index in [1.54, 1.807) is 13.8 Å². The first-order valence-electron chi connectivity index (χ1n) is 15.7. The SMILES string of the molecule is CCCCCCCCCCCCCCCCO[C@H]1C(n2cnc3c(=O)[nH]c(NC(=O)C(C)C)nc32)O[C@H](CO)[C@H]1O. The van der Waals surface area contributed by atoms with Gasteiger partial charge in [-0.2, -0.15) is 4.98 Å². The summed E-state index contributed by atoms with van der Waals surface area (Å²) in [4.78, 5) is 35.8. The number of hydrogen-bond acceptors (Lipinski definition) is 8. The van der Waals surface area contributed by atoms with Gasteiger partial charge in [0.1, 0.15) is 18.3 Å². The van der Waals surface area contributed by atoms with E-state index in [9.17, 15) is 19.8 Å². The van der Waals surface area contributed by atoms with E-state index in [-0.39, 0.29) is 35.5 Å². The lowest BCUT2D eigenvalue weighted by atomic mass is 10.0. The highest BCUT2D eigenvalue weighted by atomic mass is 16.6. The second kappa shape index (κ2) is 17.6. The molecule has 2 aromatic heterocycles. The van der Waals surface area contributed by atoms with E-state index >= 15 is 0 Å². The van der Waals surface area contributed by atoms with Crippen molar-refractivity contribution in [2.75, 3.05) is 18.5 Å². The average molecular weight is 578 g/mol. The number of H-pyrrole nitrogens is 1. The molecule has 0 spiro atoms. The molecular formula is C30H51N5O6. The van der Waals surface area contributed by atoms with Crippen LogP contribution in [0.2, 0.25) is 0 Å². The molecule has 1 unspecified atom stereocenters. The molecule has 4 atom stereocenters. The minimum atomic E-state index is -1.06. The van der Waals surface area contributed by atoms with Crippen LogP contribution in [0.3, 0.4) is 0 Å². The Morgan fingerprint density at radius 3 is 2.20 bits per heavy atom. The number of aromatic amines is 1. The van der Waals surface area contributed by atoms with Crippen LogP contribution in [0.5, 0.6) is 0 Å². The van der Waals surface area contributed by atoms with Gasteiger partial charge in [-0.3, -0.25) is 24.5 Å². The van der Waals surface area contributed by atoms with Crippen LogP contribution in [-0.4, -0.2) is 67.2 Å². The molecular weight excluding hydrogens is 526 g/mol. The van der Waals surface area contributed by atoms with E-state index in [1.165, 1.54) is 81.5 Å². The molecule has 0 bridgehead atoms. The number of fused-ring (bicyclic) bond motifs is 1. The summed E-state index contributed by atoms with van der Waals surface area (Å²) in [5, 5.41) is 23.1. The molecule has 1 fully saturated rings. The predicted molar refractivity (Wildman–Crippen MR) is 159 cm³/mol. The number of carbonyl (C=O) groups excluding carboxylic acids is 1. The van der Waals surface area contributed by atoms with Gasteiger partial charge in [-0.25, -0.2) is 4.98 Å². The summed E-state index contributed by atoms with van der Waals surface area (Å²) < 4.78 is 13.5. The monoisotopic (exact) mass is 577 g/mol. The van der Waals surface area contributed by atoms with E-state index in [0.717, 1.165) is 19.3 Å². The van der Waals surface area contributed by atoms with Crippen molar-refractivity contribution in [2.45, 2.75) is 135 Å². The first-order chi connectivity index (χ1) is 19.9. The van der Waals surface area contributed by atoms with Gasteiger partial charge >= 0.3 is 0 Å². The number of nitrogens with one attached hydrogen (secondary N) is 2. The van der Waals surface area contributed by atoms with Crippen molar-refractivity contribution < 1.29 is 24.5 Å². The molecule has 0 radical (unpaired) electrons. The largest absolute Gasteiger partial charge is 0.394 e. The molecule has 0 aromatic carbocycles. The van der Waals surface area contributed by atoms with Crippen LogP contribution in [0.15, 0.2) is 11.1 Å². The van der Waals surface area contributed by atoms with Gasteiger partial charge in [-0.1, -0.05) is 104 Å². The van der Waals surface area contributed by atoms with Crippen LogP contribution in [-0.2, 0) is 14.3 Å². The lowest BCUT2D eigenvalue weighted by Gasteiger charge is -2.22. The van der Waals surface area contributed by atoms with Crippen LogP contribution in [0, 0.1) is 5.92 Å². The number of ether oxygens (including phenoxy) is 2. The molecule has 1 aliphatic heterocycles. The minimum Gasteiger partial charge on any atom is -0.394 e. The molecule has 0 saturated carbocycles. The second-order valence-corrected chi connectivity index (χ2v) is 11.6. The third-order valence-electron chi connectivity index (χ3n) is 7.77. The van der Waals surface area contributed by atoms with E-state index in [2.05, 4.69) is 27.2 Å². The van der Waals surface area contributed by atoms with Crippen LogP contribution >= 0.6 is 0 Å². The molecule has 3 heterocycles. The van der Waals surface area contributed by atoms with Crippen molar-refractivity contribution >= 4 is 23.0 Å². The summed E-state index contributed by atoms with van der Waals surface area (Å²) in [6.07, 6.45) is 15.6. The van der Waals surface area contributed by atoms with Gasteiger partial charge in [0.05, 0.1) is 12.9 Å². The Kier molecular flexibility index (Phi) is 14.2. The van der Waals surface area contributed by atoms with Crippen molar-refractivity contribution in [3.63, 3.8) is 0 Å². The summed E-state index contributed by atoms with van der Waals surface area (Å²) in [5.41, 5.74) is -0.248. The van der Waals surface area contributed by atoms with Crippen molar-refractivity contribution in [3.05, 3.63) is 16.7 Å². The van der Waals surface area contributed by atoms with E-state index in [4.69, 9.17) is 9.47 Å². The van der Waals surface area contributed by atoms with Gasteiger partial charge in [0, 0.05) is 12.5 Å². The van der Waals surface area contributed by atoms with Crippen molar-refractivity contribution in [3.8, 4) is 0 Å². The van der Waals surface area contributed by atoms with Crippen molar-refractivity contribution in [1.29, 1.82) is 0 Å². The second-order valence-electron chi connectivity index (χ2n) is 11.6. The highest BCUT2D eigenvalue weighted by Gasteiger charge is 2.46. The van der Waals surface area contributed by atoms with Gasteiger partial charge in [0.25, 0.3) is 5.56 Å². The molecule has 1 saturated heterocycles. The Balaban J connectivity index is 1.45. The van der Waals surface area contributed by atoms with Gasteiger partial charge in [0.2, 0.25) is 11.9 Å². The molecule has 1 aliphatic rings. The zero-order valence-electron chi connectivity index (χ0n) is 25.1. The number of carbonyl (C=O) groups is 1. The fourth-order valence-electron chi connectivity index (χ4n) is 5.22. The molecule has 3 rings (SSSR count). The van der Waals surface area contributed by atoms with Crippen LogP contribution in [0.25, 0.3) is 11.2 Å². The predicted octanol–water partition coefficient (Wildman–Crippen LogP) is 4.83. The number of imidazole rings is 1. The Morgan fingerprint density at radius 1 is 1.05 bits per heavy atom. The Hall–Kier alpha value is -2.34. The fourth-order valence-corrected chi connectivity index (χ4v) is 5.22. The molecule has 4 N–H and O–H groups in total. The summed E-state index contributed by atoms with van der Waals surface area (Å²) in [6, 6.07) is 0. The van der Waals surface area contributed by atoms with Gasteiger partial charge < -0.3 is 19.7 Å². The quantitative estimate of drug-likeness (QED) is 0.163. The Labute approximate surface area is 243 Å². The maximum absolute atomic E-state index is 12.6. The van der Waals surface area contributed by atoms with E-state index in [1.807, 2.05) is 0 Å². The smallest absolute Gasteiger partial charge is 0.280 e. The Bertz CT molecular complexity index is 1100.